The van der Waals surface area contributed by atoms with Crippen molar-refractivity contribution in [2.45, 2.75) is 38.1 Å². The maximum Gasteiger partial charge on any atom is 0.409 e. The number of nitrogens with zero attached hydrogens (tertiary/aromatic N) is 1. The summed E-state index contributed by atoms with van der Waals surface area (Å²) in [6.45, 7) is 3.09. The molecule has 1 N–H and O–H groups in total. The molecule has 0 bridgehead atoms. The number of halogens is 1. The maximum atomic E-state index is 13.0. The molecular formula is C17H23FN2O3. The van der Waals surface area contributed by atoms with Crippen molar-refractivity contribution in [1.29, 1.82) is 0 Å². The lowest BCUT2D eigenvalue weighted by Gasteiger charge is -2.32. The number of carbonyl (C=O) groups is 2. The Balaban J connectivity index is 1.91. The molecule has 126 valence electrons. The lowest BCUT2D eigenvalue weighted by molar-refractivity contribution is -0.123. The number of methoxy groups -OCH3 is 1. The highest BCUT2D eigenvalue weighted by Gasteiger charge is 2.26. The maximum absolute atomic E-state index is 13.0. The Morgan fingerprint density at radius 2 is 1.91 bits per heavy atom. The summed E-state index contributed by atoms with van der Waals surface area (Å²) in [6, 6.07) is 6.12. The Labute approximate surface area is 135 Å². The zero-order valence-corrected chi connectivity index (χ0v) is 13.5. The van der Waals surface area contributed by atoms with Crippen LogP contribution in [0.5, 0.6) is 0 Å². The fraction of sp³-hybridized carbons (Fsp3) is 0.529. The normalized spacial score (nSPS) is 16.7. The average Bonchev–Trinajstić information content (AvgIpc) is 2.57. The highest BCUT2D eigenvalue weighted by atomic mass is 19.1. The van der Waals surface area contributed by atoms with Crippen molar-refractivity contribution >= 4 is 12.0 Å². The molecular weight excluding hydrogens is 299 g/mol. The SMILES string of the molecule is CC[C@H](C(=O)NC1CCN(C(=O)OC)CC1)c1ccc(F)cc1. The van der Waals surface area contributed by atoms with Crippen LogP contribution in [0.2, 0.25) is 0 Å². The van der Waals surface area contributed by atoms with E-state index in [1.54, 1.807) is 17.0 Å². The third kappa shape index (κ3) is 4.43. The summed E-state index contributed by atoms with van der Waals surface area (Å²) in [4.78, 5) is 25.6. The number of hydrogen-bond acceptors (Lipinski definition) is 3. The minimum absolute atomic E-state index is 0.0457. The number of benzene rings is 1. The summed E-state index contributed by atoms with van der Waals surface area (Å²) >= 11 is 0. The number of piperidine rings is 1. The number of carbonyl (C=O) groups excluding carboxylic acids is 2. The topological polar surface area (TPSA) is 58.6 Å². The predicted molar refractivity (Wildman–Crippen MR) is 84.6 cm³/mol. The lowest BCUT2D eigenvalue weighted by Crippen LogP contribution is -2.47. The Morgan fingerprint density at radius 1 is 1.30 bits per heavy atom. The molecule has 1 aliphatic rings. The van der Waals surface area contributed by atoms with E-state index in [0.717, 1.165) is 5.56 Å². The third-order valence-electron chi connectivity index (χ3n) is 4.27. The first-order valence-corrected chi connectivity index (χ1v) is 7.93. The van der Waals surface area contributed by atoms with E-state index in [4.69, 9.17) is 4.74 Å². The van der Waals surface area contributed by atoms with Gasteiger partial charge in [0.15, 0.2) is 0 Å². The molecule has 0 unspecified atom stereocenters. The van der Waals surface area contributed by atoms with Gasteiger partial charge < -0.3 is 15.0 Å². The molecule has 0 saturated carbocycles. The number of likely N-dealkylation sites (tertiary alicyclic amines) is 1. The van der Waals surface area contributed by atoms with Crippen LogP contribution in [0, 0.1) is 5.82 Å². The third-order valence-corrected chi connectivity index (χ3v) is 4.27. The quantitative estimate of drug-likeness (QED) is 0.927. The molecule has 1 aromatic rings. The second-order valence-electron chi connectivity index (χ2n) is 5.75. The second-order valence-corrected chi connectivity index (χ2v) is 5.75. The van der Waals surface area contributed by atoms with Gasteiger partial charge in [-0.25, -0.2) is 9.18 Å². The largest absolute Gasteiger partial charge is 0.453 e. The molecule has 23 heavy (non-hydrogen) atoms. The molecule has 5 nitrogen and oxygen atoms in total. The van der Waals surface area contributed by atoms with Gasteiger partial charge in [-0.15, -0.1) is 0 Å². The molecule has 0 aliphatic carbocycles. The van der Waals surface area contributed by atoms with Gasteiger partial charge in [-0.2, -0.15) is 0 Å². The van der Waals surface area contributed by atoms with Gasteiger partial charge in [0.1, 0.15) is 5.82 Å². The van der Waals surface area contributed by atoms with Gasteiger partial charge in [0.05, 0.1) is 13.0 Å². The van der Waals surface area contributed by atoms with Gasteiger partial charge in [-0.1, -0.05) is 19.1 Å². The van der Waals surface area contributed by atoms with E-state index >= 15 is 0 Å². The Kier molecular flexibility index (Phi) is 5.96. The van der Waals surface area contributed by atoms with Crippen LogP contribution in [0.1, 0.15) is 37.7 Å². The first kappa shape index (κ1) is 17.2. The van der Waals surface area contributed by atoms with Crippen LogP contribution in [0.4, 0.5) is 9.18 Å². The molecule has 1 aliphatic heterocycles. The number of nitrogens with one attached hydrogen (secondary N) is 1. The summed E-state index contributed by atoms with van der Waals surface area (Å²) in [6.07, 6.45) is 1.74. The molecule has 1 atom stereocenters. The second kappa shape index (κ2) is 7.94. The van der Waals surface area contributed by atoms with Crippen molar-refractivity contribution in [3.8, 4) is 0 Å². The predicted octanol–water partition coefficient (Wildman–Crippen LogP) is 2.67. The molecule has 0 radical (unpaired) electrons. The van der Waals surface area contributed by atoms with E-state index in [1.807, 2.05) is 6.92 Å². The zero-order valence-electron chi connectivity index (χ0n) is 13.5. The average molecular weight is 322 g/mol. The van der Waals surface area contributed by atoms with E-state index in [2.05, 4.69) is 5.32 Å². The lowest BCUT2D eigenvalue weighted by atomic mass is 9.94. The minimum atomic E-state index is -0.326. The van der Waals surface area contributed by atoms with Gasteiger partial charge in [0.2, 0.25) is 5.91 Å². The first-order chi connectivity index (χ1) is 11.0. The molecule has 2 rings (SSSR count). The smallest absolute Gasteiger partial charge is 0.409 e. The van der Waals surface area contributed by atoms with Crippen LogP contribution in [0.15, 0.2) is 24.3 Å². The molecule has 0 aromatic heterocycles. The van der Waals surface area contributed by atoms with Crippen LogP contribution in [0.25, 0.3) is 0 Å². The molecule has 6 heteroatoms. The van der Waals surface area contributed by atoms with E-state index in [0.29, 0.717) is 32.4 Å². The molecule has 1 saturated heterocycles. The Morgan fingerprint density at radius 3 is 2.43 bits per heavy atom. The minimum Gasteiger partial charge on any atom is -0.453 e. The van der Waals surface area contributed by atoms with E-state index in [9.17, 15) is 14.0 Å². The van der Waals surface area contributed by atoms with Gasteiger partial charge in [-0.3, -0.25) is 4.79 Å². The van der Waals surface area contributed by atoms with Crippen LogP contribution in [0.3, 0.4) is 0 Å². The van der Waals surface area contributed by atoms with E-state index < -0.39 is 0 Å². The van der Waals surface area contributed by atoms with E-state index in [1.165, 1.54) is 19.2 Å². The molecule has 1 heterocycles. The van der Waals surface area contributed by atoms with E-state index in [-0.39, 0.29) is 29.8 Å². The highest BCUT2D eigenvalue weighted by molar-refractivity contribution is 5.83. The Bertz CT molecular complexity index is 539. The van der Waals surface area contributed by atoms with Crippen molar-refractivity contribution in [3.63, 3.8) is 0 Å². The zero-order chi connectivity index (χ0) is 16.8. The summed E-state index contributed by atoms with van der Waals surface area (Å²) in [5.41, 5.74) is 0.818. The summed E-state index contributed by atoms with van der Waals surface area (Å²) in [5.74, 6) is -0.635. The monoisotopic (exact) mass is 322 g/mol. The van der Waals surface area contributed by atoms with Gasteiger partial charge >= 0.3 is 6.09 Å². The molecule has 2 amide bonds. The number of ether oxygens (including phenoxy) is 1. The molecule has 1 fully saturated rings. The van der Waals surface area contributed by atoms with Crippen LogP contribution < -0.4 is 5.32 Å². The number of amides is 2. The van der Waals surface area contributed by atoms with Gasteiger partial charge in [0, 0.05) is 19.1 Å². The van der Waals surface area contributed by atoms with Crippen molar-refractivity contribution in [3.05, 3.63) is 35.6 Å². The van der Waals surface area contributed by atoms with Gasteiger partial charge in [0.25, 0.3) is 0 Å². The van der Waals surface area contributed by atoms with Crippen LogP contribution in [-0.4, -0.2) is 43.1 Å². The van der Waals surface area contributed by atoms with Crippen LogP contribution in [-0.2, 0) is 9.53 Å². The molecule has 0 spiro atoms. The van der Waals surface area contributed by atoms with Crippen molar-refractivity contribution < 1.29 is 18.7 Å². The number of hydrogen-bond donors (Lipinski definition) is 1. The van der Waals surface area contributed by atoms with Crippen molar-refractivity contribution in [2.75, 3.05) is 20.2 Å². The van der Waals surface area contributed by atoms with Crippen molar-refractivity contribution in [2.24, 2.45) is 0 Å². The fourth-order valence-corrected chi connectivity index (χ4v) is 2.90. The van der Waals surface area contributed by atoms with Gasteiger partial charge in [-0.05, 0) is 37.0 Å². The standard InChI is InChI=1S/C17H23FN2O3/c1-3-15(12-4-6-13(18)7-5-12)16(21)19-14-8-10-20(11-9-14)17(22)23-2/h4-7,14-15H,3,8-11H2,1-2H3,(H,19,21)/t15-/m0/s1. The van der Waals surface area contributed by atoms with Crippen molar-refractivity contribution in [1.82, 2.24) is 10.2 Å². The Hall–Kier alpha value is -2.11. The molecule has 1 aromatic carbocycles. The summed E-state index contributed by atoms with van der Waals surface area (Å²) in [5, 5.41) is 3.05. The summed E-state index contributed by atoms with van der Waals surface area (Å²) in [7, 11) is 1.37. The first-order valence-electron chi connectivity index (χ1n) is 7.93. The highest BCUT2D eigenvalue weighted by Crippen LogP contribution is 2.21. The fourth-order valence-electron chi connectivity index (χ4n) is 2.90. The van der Waals surface area contributed by atoms with Crippen LogP contribution >= 0.6 is 0 Å². The summed E-state index contributed by atoms with van der Waals surface area (Å²) < 4.78 is 17.7. The number of rotatable bonds is 4.